The topological polar surface area (TPSA) is 41.8 Å². The quantitative estimate of drug-likeness (QED) is 0.689. The average Bonchev–Trinajstić information content (AvgIpc) is 2.54. The number of benzene rings is 1. The highest BCUT2D eigenvalue weighted by Crippen LogP contribution is 2.20. The Morgan fingerprint density at radius 3 is 2.62 bits per heavy atom. The van der Waals surface area contributed by atoms with E-state index in [0.29, 0.717) is 5.75 Å². The first-order valence-electron chi connectivity index (χ1n) is 3.98. The Kier molecular flexibility index (Phi) is 1.87. The second-order valence-electron chi connectivity index (χ2n) is 2.71. The molecule has 0 aromatic heterocycles. The fraction of sp³-hybridized carbons (Fsp3) is 0.100. The van der Waals surface area contributed by atoms with E-state index in [2.05, 4.69) is 4.99 Å². The monoisotopic (exact) mass is 175 g/mol. The summed E-state index contributed by atoms with van der Waals surface area (Å²) in [6.07, 6.45) is 4.63. The van der Waals surface area contributed by atoms with Crippen LogP contribution < -0.4 is 4.74 Å². The van der Waals surface area contributed by atoms with Gasteiger partial charge < -0.3 is 9.84 Å². The van der Waals surface area contributed by atoms with Gasteiger partial charge in [0.25, 0.3) is 0 Å². The molecule has 3 heteroatoms. The molecule has 0 saturated carbocycles. The van der Waals surface area contributed by atoms with Crippen molar-refractivity contribution in [3.8, 4) is 5.75 Å². The summed E-state index contributed by atoms with van der Waals surface area (Å²) in [5.41, 5.74) is 0. The summed E-state index contributed by atoms with van der Waals surface area (Å²) in [6.45, 7) is 0. The number of rotatable bonds is 2. The highest BCUT2D eigenvalue weighted by Gasteiger charge is 2.25. The molecule has 1 aromatic rings. The molecule has 1 heterocycles. The molecule has 1 N–H and O–H groups in total. The van der Waals surface area contributed by atoms with Gasteiger partial charge in [0, 0.05) is 12.3 Å². The predicted octanol–water partition coefficient (Wildman–Crippen LogP) is 1.35. The van der Waals surface area contributed by atoms with E-state index in [9.17, 15) is 5.11 Å². The van der Waals surface area contributed by atoms with E-state index >= 15 is 0 Å². The molecule has 13 heavy (non-hydrogen) atoms. The minimum absolute atomic E-state index is 0.591. The van der Waals surface area contributed by atoms with Crippen molar-refractivity contribution < 1.29 is 9.84 Å². The lowest BCUT2D eigenvalue weighted by molar-refractivity contribution is -0.0834. The molecule has 0 radical (unpaired) electrons. The van der Waals surface area contributed by atoms with Gasteiger partial charge in [-0.25, -0.2) is 4.99 Å². The summed E-state index contributed by atoms with van der Waals surface area (Å²) in [5, 5.41) is 9.64. The van der Waals surface area contributed by atoms with Crippen LogP contribution in [0.25, 0.3) is 0 Å². The number of ether oxygens (including phenoxy) is 1. The van der Waals surface area contributed by atoms with Crippen LogP contribution in [0.15, 0.2) is 47.5 Å². The summed E-state index contributed by atoms with van der Waals surface area (Å²) < 4.78 is 5.23. The van der Waals surface area contributed by atoms with Gasteiger partial charge in [-0.15, -0.1) is 0 Å². The molecule has 1 aromatic carbocycles. The Balaban J connectivity index is 2.15. The molecule has 0 spiro atoms. The third-order valence-electron chi connectivity index (χ3n) is 1.67. The Bertz CT molecular complexity index is 331. The lowest BCUT2D eigenvalue weighted by Crippen LogP contribution is -2.28. The average molecular weight is 175 g/mol. The summed E-state index contributed by atoms with van der Waals surface area (Å²) >= 11 is 0. The molecule has 0 bridgehead atoms. The molecule has 2 rings (SSSR count). The fourth-order valence-corrected chi connectivity index (χ4v) is 1.08. The normalized spacial score (nSPS) is 25.0. The van der Waals surface area contributed by atoms with Crippen molar-refractivity contribution in [2.75, 3.05) is 0 Å². The molecule has 1 atom stereocenters. The van der Waals surface area contributed by atoms with Gasteiger partial charge in [-0.05, 0) is 18.2 Å². The summed E-state index contributed by atoms with van der Waals surface area (Å²) in [5.74, 6) is -0.921. The van der Waals surface area contributed by atoms with Crippen LogP contribution in [0.3, 0.4) is 0 Å². The maximum Gasteiger partial charge on any atom is 0.331 e. The van der Waals surface area contributed by atoms with Gasteiger partial charge in [0.1, 0.15) is 5.75 Å². The van der Waals surface area contributed by atoms with Gasteiger partial charge >= 0.3 is 5.91 Å². The van der Waals surface area contributed by atoms with Crippen LogP contribution in [-0.4, -0.2) is 17.2 Å². The zero-order valence-electron chi connectivity index (χ0n) is 6.92. The van der Waals surface area contributed by atoms with Crippen molar-refractivity contribution >= 4 is 6.21 Å². The summed E-state index contributed by atoms with van der Waals surface area (Å²) in [4.78, 5) is 3.76. The number of nitrogens with zero attached hydrogens (tertiary/aromatic N) is 1. The Labute approximate surface area is 76.0 Å². The molecule has 0 fully saturated rings. The fourth-order valence-electron chi connectivity index (χ4n) is 1.08. The highest BCUT2D eigenvalue weighted by molar-refractivity contribution is 5.74. The summed E-state index contributed by atoms with van der Waals surface area (Å²) in [7, 11) is 0. The van der Waals surface area contributed by atoms with Crippen molar-refractivity contribution in [1.82, 2.24) is 0 Å². The smallest absolute Gasteiger partial charge is 0.331 e. The Hall–Kier alpha value is -1.61. The maximum absolute atomic E-state index is 9.64. The van der Waals surface area contributed by atoms with Crippen LogP contribution in [0, 0.1) is 0 Å². The summed E-state index contributed by atoms with van der Waals surface area (Å²) in [6, 6.07) is 9.08. The van der Waals surface area contributed by atoms with E-state index in [0.717, 1.165) is 0 Å². The third-order valence-corrected chi connectivity index (χ3v) is 1.67. The first-order chi connectivity index (χ1) is 6.29. The maximum atomic E-state index is 9.64. The van der Waals surface area contributed by atoms with Gasteiger partial charge in [0.05, 0.1) is 0 Å². The zero-order chi connectivity index (χ0) is 9.15. The number of para-hydroxylation sites is 1. The second kappa shape index (κ2) is 3.03. The van der Waals surface area contributed by atoms with Crippen LogP contribution in [0.2, 0.25) is 0 Å². The SMILES string of the molecule is OC1(Oc2ccccc2)C=CC=N1. The number of hydrogen-bond acceptors (Lipinski definition) is 3. The molecule has 66 valence electrons. The van der Waals surface area contributed by atoms with Gasteiger partial charge in [-0.1, -0.05) is 18.2 Å². The molecule has 1 aliphatic rings. The van der Waals surface area contributed by atoms with Crippen molar-refractivity contribution in [3.05, 3.63) is 42.5 Å². The van der Waals surface area contributed by atoms with Crippen LogP contribution in [0.4, 0.5) is 0 Å². The van der Waals surface area contributed by atoms with Crippen molar-refractivity contribution in [2.45, 2.75) is 5.91 Å². The van der Waals surface area contributed by atoms with Crippen LogP contribution >= 0.6 is 0 Å². The lowest BCUT2D eigenvalue weighted by Gasteiger charge is -2.18. The van der Waals surface area contributed by atoms with E-state index in [1.165, 1.54) is 12.3 Å². The van der Waals surface area contributed by atoms with Crippen LogP contribution in [0.5, 0.6) is 5.75 Å². The molecule has 3 nitrogen and oxygen atoms in total. The predicted molar refractivity (Wildman–Crippen MR) is 49.7 cm³/mol. The van der Waals surface area contributed by atoms with Gasteiger partial charge in [-0.3, -0.25) is 0 Å². The van der Waals surface area contributed by atoms with Crippen molar-refractivity contribution in [1.29, 1.82) is 0 Å². The second-order valence-corrected chi connectivity index (χ2v) is 2.71. The molecular weight excluding hydrogens is 166 g/mol. The Morgan fingerprint density at radius 1 is 1.23 bits per heavy atom. The minimum Gasteiger partial charge on any atom is -0.440 e. The number of aliphatic imine (C=N–C) groups is 1. The first-order valence-corrected chi connectivity index (χ1v) is 3.98. The van der Waals surface area contributed by atoms with Gasteiger partial charge in [-0.2, -0.15) is 0 Å². The number of aliphatic hydroxyl groups is 1. The zero-order valence-corrected chi connectivity index (χ0v) is 6.92. The highest BCUT2D eigenvalue weighted by atomic mass is 16.6. The molecule has 0 amide bonds. The lowest BCUT2D eigenvalue weighted by atomic mass is 10.3. The number of allylic oxidation sites excluding steroid dienone is 1. The van der Waals surface area contributed by atoms with Crippen molar-refractivity contribution in [2.24, 2.45) is 4.99 Å². The van der Waals surface area contributed by atoms with Crippen LogP contribution in [0.1, 0.15) is 0 Å². The van der Waals surface area contributed by atoms with Gasteiger partial charge in [0.2, 0.25) is 0 Å². The van der Waals surface area contributed by atoms with Gasteiger partial charge in [0.15, 0.2) is 0 Å². The van der Waals surface area contributed by atoms with E-state index < -0.39 is 5.91 Å². The molecule has 1 unspecified atom stereocenters. The van der Waals surface area contributed by atoms with E-state index in [-0.39, 0.29) is 0 Å². The molecule has 0 saturated heterocycles. The third kappa shape index (κ3) is 1.76. The minimum atomic E-state index is -1.51. The largest absolute Gasteiger partial charge is 0.440 e. The first kappa shape index (κ1) is 8.01. The number of hydrogen-bond donors (Lipinski definition) is 1. The van der Waals surface area contributed by atoms with E-state index in [1.54, 1.807) is 18.2 Å². The Morgan fingerprint density at radius 2 is 2.00 bits per heavy atom. The molecule has 1 aliphatic heterocycles. The van der Waals surface area contributed by atoms with Crippen molar-refractivity contribution in [3.63, 3.8) is 0 Å². The van der Waals surface area contributed by atoms with E-state index in [4.69, 9.17) is 4.74 Å². The van der Waals surface area contributed by atoms with Crippen LogP contribution in [-0.2, 0) is 0 Å². The van der Waals surface area contributed by atoms with E-state index in [1.807, 2.05) is 18.2 Å². The molecule has 0 aliphatic carbocycles. The standard InChI is InChI=1S/C10H9NO2/c12-10(7-4-8-11-10)13-9-5-2-1-3-6-9/h1-8,12H. The molecular formula is C10H9NO2.